The SMILES string of the molecule is CC(NC(=O)c1ccccc1NC(=O)c1ccc(CN2CCN(S(C)(=O)=O)CC2)cc1)c1ccccc1. The minimum atomic E-state index is -3.15. The summed E-state index contributed by atoms with van der Waals surface area (Å²) in [7, 11) is -3.15. The number of anilines is 1. The molecule has 0 aliphatic carbocycles. The number of piperazine rings is 1. The van der Waals surface area contributed by atoms with Crippen molar-refractivity contribution in [3.63, 3.8) is 0 Å². The second kappa shape index (κ2) is 11.7. The van der Waals surface area contributed by atoms with Crippen LogP contribution in [-0.2, 0) is 16.6 Å². The van der Waals surface area contributed by atoms with E-state index in [1.54, 1.807) is 36.4 Å². The van der Waals surface area contributed by atoms with Gasteiger partial charge in [0.25, 0.3) is 11.8 Å². The number of para-hydroxylation sites is 1. The number of rotatable bonds is 8. The number of benzene rings is 3. The van der Waals surface area contributed by atoms with E-state index in [4.69, 9.17) is 0 Å². The second-order valence-corrected chi connectivity index (χ2v) is 11.2. The molecule has 0 bridgehead atoms. The van der Waals surface area contributed by atoms with Crippen molar-refractivity contribution in [2.24, 2.45) is 0 Å². The zero-order valence-electron chi connectivity index (χ0n) is 21.1. The third-order valence-corrected chi connectivity index (χ3v) is 7.79. The number of nitrogens with one attached hydrogen (secondary N) is 2. The van der Waals surface area contributed by atoms with Gasteiger partial charge >= 0.3 is 0 Å². The van der Waals surface area contributed by atoms with E-state index < -0.39 is 10.0 Å². The first-order chi connectivity index (χ1) is 17.7. The zero-order valence-corrected chi connectivity index (χ0v) is 21.9. The van der Waals surface area contributed by atoms with E-state index in [2.05, 4.69) is 15.5 Å². The highest BCUT2D eigenvalue weighted by molar-refractivity contribution is 7.88. The maximum absolute atomic E-state index is 13.0. The van der Waals surface area contributed by atoms with Crippen LogP contribution in [0.15, 0.2) is 78.9 Å². The van der Waals surface area contributed by atoms with E-state index in [-0.39, 0.29) is 17.9 Å². The van der Waals surface area contributed by atoms with Gasteiger partial charge in [-0.1, -0.05) is 54.6 Å². The molecule has 1 heterocycles. The highest BCUT2D eigenvalue weighted by Gasteiger charge is 2.23. The van der Waals surface area contributed by atoms with Crippen LogP contribution in [0.25, 0.3) is 0 Å². The van der Waals surface area contributed by atoms with Crippen molar-refractivity contribution >= 4 is 27.5 Å². The van der Waals surface area contributed by atoms with Gasteiger partial charge in [-0.3, -0.25) is 14.5 Å². The van der Waals surface area contributed by atoms with Gasteiger partial charge in [-0.2, -0.15) is 4.31 Å². The van der Waals surface area contributed by atoms with E-state index in [0.29, 0.717) is 49.5 Å². The van der Waals surface area contributed by atoms with Crippen molar-refractivity contribution in [3.05, 3.63) is 101 Å². The largest absolute Gasteiger partial charge is 0.345 e. The summed E-state index contributed by atoms with van der Waals surface area (Å²) in [4.78, 5) is 28.1. The van der Waals surface area contributed by atoms with Crippen LogP contribution in [-0.4, -0.2) is 61.9 Å². The summed E-state index contributed by atoms with van der Waals surface area (Å²) in [5.41, 5.74) is 3.36. The summed E-state index contributed by atoms with van der Waals surface area (Å²) in [6.07, 6.45) is 1.24. The van der Waals surface area contributed by atoms with Gasteiger partial charge in [-0.15, -0.1) is 0 Å². The molecule has 1 atom stereocenters. The maximum Gasteiger partial charge on any atom is 0.255 e. The summed E-state index contributed by atoms with van der Waals surface area (Å²) in [6, 6.07) is 23.8. The number of carbonyl (C=O) groups excluding carboxylic acids is 2. The van der Waals surface area contributed by atoms with Crippen LogP contribution in [0.4, 0.5) is 5.69 Å². The Kier molecular flexibility index (Phi) is 8.38. The average molecular weight is 521 g/mol. The first kappa shape index (κ1) is 26.5. The van der Waals surface area contributed by atoms with Crippen LogP contribution < -0.4 is 10.6 Å². The molecule has 3 aromatic rings. The highest BCUT2D eigenvalue weighted by atomic mass is 32.2. The number of nitrogens with zero attached hydrogens (tertiary/aromatic N) is 2. The van der Waals surface area contributed by atoms with E-state index in [9.17, 15) is 18.0 Å². The highest BCUT2D eigenvalue weighted by Crippen LogP contribution is 2.19. The zero-order chi connectivity index (χ0) is 26.4. The Balaban J connectivity index is 1.36. The second-order valence-electron chi connectivity index (χ2n) is 9.24. The third-order valence-electron chi connectivity index (χ3n) is 6.49. The van der Waals surface area contributed by atoms with E-state index in [1.807, 2.05) is 49.4 Å². The molecular weight excluding hydrogens is 488 g/mol. The molecule has 0 radical (unpaired) electrons. The van der Waals surface area contributed by atoms with Gasteiger partial charge in [0.1, 0.15) is 0 Å². The number of hydrogen-bond acceptors (Lipinski definition) is 5. The third kappa shape index (κ3) is 7.03. The fourth-order valence-electron chi connectivity index (χ4n) is 4.32. The molecule has 0 aromatic heterocycles. The molecular formula is C28H32N4O4S. The molecule has 1 aliphatic rings. The first-order valence-corrected chi connectivity index (χ1v) is 14.1. The molecule has 9 heteroatoms. The van der Waals surface area contributed by atoms with Gasteiger partial charge in [-0.05, 0) is 42.3 Å². The molecule has 0 spiro atoms. The summed E-state index contributed by atoms with van der Waals surface area (Å²) in [5, 5.41) is 5.86. The first-order valence-electron chi connectivity index (χ1n) is 12.2. The molecule has 1 aliphatic heterocycles. The lowest BCUT2D eigenvalue weighted by Crippen LogP contribution is -2.47. The minimum absolute atomic E-state index is 0.181. The summed E-state index contributed by atoms with van der Waals surface area (Å²) in [5.74, 6) is -0.566. The average Bonchev–Trinajstić information content (AvgIpc) is 2.89. The molecule has 1 saturated heterocycles. The molecule has 2 N–H and O–H groups in total. The summed E-state index contributed by atoms with van der Waals surface area (Å²) in [6.45, 7) is 4.89. The van der Waals surface area contributed by atoms with Crippen molar-refractivity contribution in [1.29, 1.82) is 0 Å². The topological polar surface area (TPSA) is 98.8 Å². The molecule has 37 heavy (non-hydrogen) atoms. The number of amides is 2. The standard InChI is InChI=1S/C28H32N4O4S/c1-21(23-8-4-3-5-9-23)29-28(34)25-10-6-7-11-26(25)30-27(33)24-14-12-22(13-15-24)20-31-16-18-32(19-17-31)37(2,35)36/h3-15,21H,16-20H2,1-2H3,(H,29,34)(H,30,33). The Hall–Kier alpha value is -3.53. The van der Waals surface area contributed by atoms with Crippen molar-refractivity contribution in [2.45, 2.75) is 19.5 Å². The van der Waals surface area contributed by atoms with Crippen molar-refractivity contribution in [3.8, 4) is 0 Å². The predicted octanol–water partition coefficient (Wildman–Crippen LogP) is 3.51. The van der Waals surface area contributed by atoms with Gasteiger partial charge in [0.15, 0.2) is 0 Å². The Morgan fingerprint density at radius 3 is 2.11 bits per heavy atom. The van der Waals surface area contributed by atoms with E-state index in [1.165, 1.54) is 10.6 Å². The fraction of sp³-hybridized carbons (Fsp3) is 0.286. The molecule has 4 rings (SSSR count). The van der Waals surface area contributed by atoms with E-state index >= 15 is 0 Å². The Morgan fingerprint density at radius 1 is 0.838 bits per heavy atom. The quantitative estimate of drug-likeness (QED) is 0.474. The molecule has 1 fully saturated rings. The van der Waals surface area contributed by atoms with E-state index in [0.717, 1.165) is 11.1 Å². The Labute approximate surface area is 218 Å². The van der Waals surface area contributed by atoms with Crippen molar-refractivity contribution in [2.75, 3.05) is 37.8 Å². The van der Waals surface area contributed by atoms with Gasteiger partial charge in [-0.25, -0.2) is 8.42 Å². The molecule has 0 saturated carbocycles. The predicted molar refractivity (Wildman–Crippen MR) is 145 cm³/mol. The van der Waals surface area contributed by atoms with Crippen molar-refractivity contribution < 1.29 is 18.0 Å². The lowest BCUT2D eigenvalue weighted by Gasteiger charge is -2.33. The molecule has 194 valence electrons. The van der Waals surface area contributed by atoms with Crippen LogP contribution in [0.3, 0.4) is 0 Å². The van der Waals surface area contributed by atoms with Gasteiger partial charge in [0.2, 0.25) is 10.0 Å². The van der Waals surface area contributed by atoms with Gasteiger partial charge in [0.05, 0.1) is 23.5 Å². The normalized spacial score (nSPS) is 15.6. The smallest absolute Gasteiger partial charge is 0.255 e. The van der Waals surface area contributed by atoms with Crippen LogP contribution in [0.5, 0.6) is 0 Å². The van der Waals surface area contributed by atoms with Crippen LogP contribution in [0, 0.1) is 0 Å². The molecule has 8 nitrogen and oxygen atoms in total. The monoisotopic (exact) mass is 520 g/mol. The fourth-order valence-corrected chi connectivity index (χ4v) is 5.15. The lowest BCUT2D eigenvalue weighted by molar-refractivity contribution is 0.0940. The van der Waals surface area contributed by atoms with Crippen LogP contribution in [0.1, 0.15) is 44.8 Å². The lowest BCUT2D eigenvalue weighted by atomic mass is 10.1. The maximum atomic E-state index is 13.0. The number of sulfonamides is 1. The molecule has 1 unspecified atom stereocenters. The van der Waals surface area contributed by atoms with Crippen LogP contribution in [0.2, 0.25) is 0 Å². The molecule has 3 aromatic carbocycles. The van der Waals surface area contributed by atoms with Gasteiger partial charge < -0.3 is 10.6 Å². The van der Waals surface area contributed by atoms with Gasteiger partial charge in [0, 0.05) is 38.3 Å². The van der Waals surface area contributed by atoms with Crippen molar-refractivity contribution in [1.82, 2.24) is 14.5 Å². The summed E-state index contributed by atoms with van der Waals surface area (Å²) >= 11 is 0. The van der Waals surface area contributed by atoms with Crippen LogP contribution >= 0.6 is 0 Å². The molecule has 2 amide bonds. The summed E-state index contributed by atoms with van der Waals surface area (Å²) < 4.78 is 24.9. The Morgan fingerprint density at radius 2 is 1.46 bits per heavy atom. The number of hydrogen-bond donors (Lipinski definition) is 2. The Bertz CT molecular complexity index is 1340. The minimum Gasteiger partial charge on any atom is -0.345 e. The number of carbonyl (C=O) groups is 2.